The molecule has 0 rings (SSSR count). The Morgan fingerprint density at radius 1 is 1.33 bits per heavy atom. The van der Waals surface area contributed by atoms with Crippen molar-refractivity contribution in [3.8, 4) is 0 Å². The first-order chi connectivity index (χ1) is 5.50. The number of carboxylic acids is 2. The molecule has 0 aliphatic rings. The van der Waals surface area contributed by atoms with Crippen molar-refractivity contribution in [1.29, 1.82) is 0 Å². The third kappa shape index (κ3) is 2.33. The van der Waals surface area contributed by atoms with E-state index in [1.54, 1.807) is 0 Å². The molecule has 0 aliphatic heterocycles. The van der Waals surface area contributed by atoms with Crippen molar-refractivity contribution in [3.05, 3.63) is 24.2 Å². The lowest BCUT2D eigenvalue weighted by Crippen LogP contribution is -2.24. The average molecular weight is 172 g/mol. The second kappa shape index (κ2) is 4.02. The van der Waals surface area contributed by atoms with Gasteiger partial charge in [-0.2, -0.15) is 0 Å². The fraction of sp³-hybridized carbons (Fsp3) is 0. The van der Waals surface area contributed by atoms with Crippen LogP contribution in [0.2, 0.25) is 0 Å². The third-order valence-electron chi connectivity index (χ3n) is 0.960. The standard InChI is InChI=1S/C6H8N2O4/c1-2-8-4(6(11)12)3(7)5(9)10/h2,8H,1,7H2,(H,9,10)(H,11,12)/b4-3-. The highest BCUT2D eigenvalue weighted by atomic mass is 16.4. The van der Waals surface area contributed by atoms with Crippen LogP contribution in [-0.4, -0.2) is 22.2 Å². The van der Waals surface area contributed by atoms with E-state index in [-0.39, 0.29) is 0 Å². The van der Waals surface area contributed by atoms with Crippen LogP contribution in [0, 0.1) is 0 Å². The maximum absolute atomic E-state index is 10.3. The molecule has 0 unspecified atom stereocenters. The number of carbonyl (C=O) groups is 2. The molecule has 0 heterocycles. The molecule has 0 aliphatic carbocycles. The Hall–Kier alpha value is -1.98. The minimum absolute atomic E-state index is 0.600. The molecule has 6 heteroatoms. The molecule has 0 amide bonds. The molecule has 0 atom stereocenters. The summed E-state index contributed by atoms with van der Waals surface area (Å²) in [6.07, 6.45) is 1.03. The zero-order chi connectivity index (χ0) is 9.72. The highest BCUT2D eigenvalue weighted by Crippen LogP contribution is 1.95. The van der Waals surface area contributed by atoms with Crippen LogP contribution in [0.4, 0.5) is 0 Å². The molecule has 66 valence electrons. The van der Waals surface area contributed by atoms with Crippen molar-refractivity contribution in [2.24, 2.45) is 5.73 Å². The maximum Gasteiger partial charge on any atom is 0.354 e. The molecular formula is C6H8N2O4. The van der Waals surface area contributed by atoms with E-state index >= 15 is 0 Å². The monoisotopic (exact) mass is 172 g/mol. The smallest absolute Gasteiger partial charge is 0.354 e. The molecule has 0 radical (unpaired) electrons. The normalized spacial score (nSPS) is 11.3. The molecule has 0 spiro atoms. The molecule has 0 bridgehead atoms. The Balaban J connectivity index is 4.92. The lowest BCUT2D eigenvalue weighted by Gasteiger charge is -2.02. The summed E-state index contributed by atoms with van der Waals surface area (Å²) in [6.45, 7) is 3.17. The lowest BCUT2D eigenvalue weighted by atomic mass is 10.3. The van der Waals surface area contributed by atoms with Crippen LogP contribution in [0.25, 0.3) is 0 Å². The van der Waals surface area contributed by atoms with Crippen molar-refractivity contribution in [2.75, 3.05) is 0 Å². The Bertz CT molecular complexity index is 256. The van der Waals surface area contributed by atoms with E-state index in [1.807, 2.05) is 0 Å². The Morgan fingerprint density at radius 3 is 2.08 bits per heavy atom. The first-order valence-corrected chi connectivity index (χ1v) is 2.84. The first-order valence-electron chi connectivity index (χ1n) is 2.84. The summed E-state index contributed by atoms with van der Waals surface area (Å²) in [4.78, 5) is 20.5. The van der Waals surface area contributed by atoms with Gasteiger partial charge >= 0.3 is 11.9 Å². The van der Waals surface area contributed by atoms with E-state index in [0.717, 1.165) is 6.20 Å². The van der Waals surface area contributed by atoms with Crippen LogP contribution in [-0.2, 0) is 9.59 Å². The predicted molar refractivity (Wildman–Crippen MR) is 39.8 cm³/mol. The van der Waals surface area contributed by atoms with Crippen LogP contribution in [0.5, 0.6) is 0 Å². The van der Waals surface area contributed by atoms with Crippen molar-refractivity contribution in [1.82, 2.24) is 5.32 Å². The zero-order valence-electron chi connectivity index (χ0n) is 6.07. The molecule has 0 fully saturated rings. The van der Waals surface area contributed by atoms with E-state index in [0.29, 0.717) is 0 Å². The van der Waals surface area contributed by atoms with E-state index < -0.39 is 23.3 Å². The van der Waals surface area contributed by atoms with Gasteiger partial charge in [0.1, 0.15) is 5.70 Å². The van der Waals surface area contributed by atoms with Crippen molar-refractivity contribution in [2.45, 2.75) is 0 Å². The highest BCUT2D eigenvalue weighted by molar-refractivity contribution is 5.97. The summed E-state index contributed by atoms with van der Waals surface area (Å²) in [5.41, 5.74) is 3.58. The number of hydrogen-bond acceptors (Lipinski definition) is 4. The van der Waals surface area contributed by atoms with Gasteiger partial charge in [-0.25, -0.2) is 9.59 Å². The summed E-state index contributed by atoms with van der Waals surface area (Å²) in [7, 11) is 0. The second-order valence-electron chi connectivity index (χ2n) is 1.75. The first kappa shape index (κ1) is 10.0. The molecular weight excluding hydrogens is 164 g/mol. The van der Waals surface area contributed by atoms with Crippen molar-refractivity contribution < 1.29 is 19.8 Å². The number of hydrogen-bond donors (Lipinski definition) is 4. The Labute approximate surface area is 68.0 Å². The fourth-order valence-corrected chi connectivity index (χ4v) is 0.464. The van der Waals surface area contributed by atoms with Gasteiger partial charge in [0.2, 0.25) is 0 Å². The Morgan fingerprint density at radius 2 is 1.83 bits per heavy atom. The molecule has 0 aromatic carbocycles. The summed E-state index contributed by atoms with van der Waals surface area (Å²) < 4.78 is 0. The molecule has 12 heavy (non-hydrogen) atoms. The number of nitrogens with two attached hydrogens (primary N) is 1. The number of carboxylic acid groups (broad SMARTS) is 2. The van der Waals surface area contributed by atoms with E-state index in [2.05, 4.69) is 11.9 Å². The highest BCUT2D eigenvalue weighted by Gasteiger charge is 2.15. The summed E-state index contributed by atoms with van der Waals surface area (Å²) in [5, 5.41) is 18.8. The molecule has 6 nitrogen and oxygen atoms in total. The van der Waals surface area contributed by atoms with Gasteiger partial charge in [-0.3, -0.25) is 0 Å². The molecule has 0 saturated heterocycles. The van der Waals surface area contributed by atoms with Crippen LogP contribution in [0.1, 0.15) is 0 Å². The maximum atomic E-state index is 10.3. The van der Waals surface area contributed by atoms with Crippen molar-refractivity contribution >= 4 is 11.9 Å². The van der Waals surface area contributed by atoms with E-state index in [9.17, 15) is 9.59 Å². The van der Waals surface area contributed by atoms with Gasteiger partial charge in [-0.15, -0.1) is 0 Å². The minimum Gasteiger partial charge on any atom is -0.477 e. The average Bonchev–Trinajstić information content (AvgIpc) is 1.98. The molecule has 0 aromatic heterocycles. The van der Waals surface area contributed by atoms with Gasteiger partial charge < -0.3 is 21.3 Å². The van der Waals surface area contributed by atoms with Crippen LogP contribution < -0.4 is 11.1 Å². The summed E-state index contributed by atoms with van der Waals surface area (Å²) in [5.74, 6) is -2.95. The van der Waals surface area contributed by atoms with Gasteiger partial charge in [-0.05, 0) is 6.20 Å². The van der Waals surface area contributed by atoms with Gasteiger partial charge in [0.05, 0.1) is 0 Å². The largest absolute Gasteiger partial charge is 0.477 e. The van der Waals surface area contributed by atoms with Gasteiger partial charge in [0.15, 0.2) is 5.70 Å². The number of rotatable bonds is 4. The molecule has 0 aromatic rings. The fourth-order valence-electron chi connectivity index (χ4n) is 0.464. The minimum atomic E-state index is -1.50. The molecule has 5 N–H and O–H groups in total. The summed E-state index contributed by atoms with van der Waals surface area (Å²) >= 11 is 0. The van der Waals surface area contributed by atoms with Crippen LogP contribution in [0.3, 0.4) is 0 Å². The van der Waals surface area contributed by atoms with Gasteiger partial charge in [0.25, 0.3) is 0 Å². The SMILES string of the molecule is C=CN/C(C(=O)O)=C(\N)C(=O)O. The van der Waals surface area contributed by atoms with E-state index in [1.165, 1.54) is 0 Å². The lowest BCUT2D eigenvalue weighted by molar-refractivity contribution is -0.136. The number of nitrogens with one attached hydrogen (secondary N) is 1. The van der Waals surface area contributed by atoms with Gasteiger partial charge in [-0.1, -0.05) is 6.58 Å². The third-order valence-corrected chi connectivity index (χ3v) is 0.960. The summed E-state index contributed by atoms with van der Waals surface area (Å²) in [6, 6.07) is 0. The van der Waals surface area contributed by atoms with Crippen LogP contribution in [0.15, 0.2) is 24.2 Å². The Kier molecular flexibility index (Phi) is 3.35. The van der Waals surface area contributed by atoms with Crippen LogP contribution >= 0.6 is 0 Å². The van der Waals surface area contributed by atoms with E-state index in [4.69, 9.17) is 15.9 Å². The van der Waals surface area contributed by atoms with Gasteiger partial charge in [0, 0.05) is 0 Å². The van der Waals surface area contributed by atoms with Crippen molar-refractivity contribution in [3.63, 3.8) is 0 Å². The zero-order valence-corrected chi connectivity index (χ0v) is 6.07. The predicted octanol–water partition coefficient (Wildman–Crippen LogP) is -0.941. The second-order valence-corrected chi connectivity index (χ2v) is 1.75. The molecule has 0 saturated carbocycles. The quantitative estimate of drug-likeness (QED) is 0.407. The topological polar surface area (TPSA) is 113 Å². The number of aliphatic carboxylic acids is 2.